The van der Waals surface area contributed by atoms with Crippen LogP contribution in [0.4, 0.5) is 34.1 Å². The molecule has 2 N–H and O–H groups in total. The molecule has 0 unspecified atom stereocenters. The summed E-state index contributed by atoms with van der Waals surface area (Å²) in [6, 6.07) is 33.5. The molecule has 1 aliphatic heterocycles. The number of nitrogens with zero attached hydrogens (tertiary/aromatic N) is 1. The van der Waals surface area contributed by atoms with E-state index >= 15 is 0 Å². The predicted octanol–water partition coefficient (Wildman–Crippen LogP) is 8.91. The van der Waals surface area contributed by atoms with Gasteiger partial charge in [0.05, 0.1) is 23.5 Å². The van der Waals surface area contributed by atoms with Gasteiger partial charge in [0.15, 0.2) is 0 Å². The lowest BCUT2D eigenvalue weighted by Gasteiger charge is -2.44. The van der Waals surface area contributed by atoms with E-state index in [4.69, 9.17) is 4.74 Å². The molecule has 0 saturated heterocycles. The fraction of sp³-hybridized carbons (Fsp3) is 0.188. The van der Waals surface area contributed by atoms with Crippen LogP contribution in [0, 0.1) is 0 Å². The second-order valence-corrected chi connectivity index (χ2v) is 9.64. The molecule has 182 valence electrons. The number of hydrogen-bond acceptors (Lipinski definition) is 4. The number of benzene rings is 4. The Balaban J connectivity index is 1.65. The van der Waals surface area contributed by atoms with Crippen LogP contribution < -0.4 is 20.3 Å². The molecule has 0 aliphatic carbocycles. The summed E-state index contributed by atoms with van der Waals surface area (Å²) in [6.45, 7) is 9.38. The van der Waals surface area contributed by atoms with E-state index in [1.165, 1.54) is 11.1 Å². The molecule has 0 atom stereocenters. The maximum atomic E-state index is 5.83. The Labute approximate surface area is 214 Å². The van der Waals surface area contributed by atoms with Gasteiger partial charge < -0.3 is 20.3 Å². The Morgan fingerprint density at radius 2 is 1.39 bits per heavy atom. The Morgan fingerprint density at radius 3 is 2.06 bits per heavy atom. The van der Waals surface area contributed by atoms with E-state index in [2.05, 4.69) is 115 Å². The number of nitrogens with one attached hydrogen (secondary N) is 2. The van der Waals surface area contributed by atoms with Gasteiger partial charge in [0.1, 0.15) is 5.75 Å². The van der Waals surface area contributed by atoms with E-state index in [0.29, 0.717) is 6.61 Å². The lowest BCUT2D eigenvalue weighted by molar-refractivity contribution is 0.340. The van der Waals surface area contributed by atoms with Crippen LogP contribution in [-0.2, 0) is 0 Å². The van der Waals surface area contributed by atoms with Crippen molar-refractivity contribution < 1.29 is 4.74 Å². The summed E-state index contributed by atoms with van der Waals surface area (Å²) in [6.07, 6.45) is 2.34. The van der Waals surface area contributed by atoms with Crippen molar-refractivity contribution in [1.82, 2.24) is 0 Å². The first-order valence-electron chi connectivity index (χ1n) is 12.5. The first-order chi connectivity index (χ1) is 17.4. The number of para-hydroxylation sites is 2. The maximum absolute atomic E-state index is 5.83. The molecule has 4 aromatic rings. The smallest absolute Gasteiger partial charge is 0.120 e. The van der Waals surface area contributed by atoms with Crippen LogP contribution in [0.1, 0.15) is 33.3 Å². The van der Waals surface area contributed by atoms with E-state index in [1.54, 1.807) is 0 Å². The van der Waals surface area contributed by atoms with Gasteiger partial charge in [0, 0.05) is 28.3 Å². The van der Waals surface area contributed by atoms with Crippen LogP contribution in [0.2, 0.25) is 0 Å². The Morgan fingerprint density at radius 1 is 0.722 bits per heavy atom. The topological polar surface area (TPSA) is 36.5 Å². The summed E-state index contributed by atoms with van der Waals surface area (Å²) in [5, 5.41) is 7.23. The molecule has 1 aliphatic rings. The Bertz CT molecular complexity index is 1380. The SMILES string of the molecule is CCOc1ccc2c(c1)C(C)=CC(C)(C)N2c1cc(Nc2ccccc2)ccc1Nc1ccccc1. The highest BCUT2D eigenvalue weighted by Gasteiger charge is 2.34. The van der Waals surface area contributed by atoms with Crippen molar-refractivity contribution in [2.75, 3.05) is 22.1 Å². The molecule has 0 aromatic heterocycles. The van der Waals surface area contributed by atoms with Crippen molar-refractivity contribution in [3.05, 3.63) is 109 Å². The molecule has 4 heteroatoms. The fourth-order valence-corrected chi connectivity index (χ4v) is 4.97. The molecular weight excluding hydrogens is 442 g/mol. The Hall–Kier alpha value is -4.18. The van der Waals surface area contributed by atoms with Crippen LogP contribution >= 0.6 is 0 Å². The van der Waals surface area contributed by atoms with E-state index in [9.17, 15) is 0 Å². The zero-order valence-electron chi connectivity index (χ0n) is 21.4. The summed E-state index contributed by atoms with van der Waals surface area (Å²) < 4.78 is 5.83. The number of allylic oxidation sites excluding steroid dienone is 1. The van der Waals surface area contributed by atoms with Gasteiger partial charge in [0.2, 0.25) is 0 Å². The average molecular weight is 476 g/mol. The van der Waals surface area contributed by atoms with Crippen LogP contribution in [0.3, 0.4) is 0 Å². The highest BCUT2D eigenvalue weighted by atomic mass is 16.5. The number of hydrogen-bond donors (Lipinski definition) is 2. The van der Waals surface area contributed by atoms with Crippen LogP contribution in [0.25, 0.3) is 5.57 Å². The summed E-state index contributed by atoms with van der Waals surface area (Å²) in [5.74, 6) is 0.894. The molecule has 4 nitrogen and oxygen atoms in total. The van der Waals surface area contributed by atoms with E-state index in [0.717, 1.165) is 39.9 Å². The van der Waals surface area contributed by atoms with Gasteiger partial charge in [-0.15, -0.1) is 0 Å². The normalized spacial score (nSPS) is 14.0. The third-order valence-corrected chi connectivity index (χ3v) is 6.44. The van der Waals surface area contributed by atoms with Crippen LogP contribution in [0.15, 0.2) is 103 Å². The van der Waals surface area contributed by atoms with Crippen molar-refractivity contribution in [2.24, 2.45) is 0 Å². The average Bonchev–Trinajstić information content (AvgIpc) is 2.87. The first-order valence-corrected chi connectivity index (χ1v) is 12.5. The number of rotatable bonds is 7. The lowest BCUT2D eigenvalue weighted by Crippen LogP contribution is -2.41. The molecular formula is C32H33N3O. The quantitative estimate of drug-likeness (QED) is 0.280. The zero-order chi connectivity index (χ0) is 25.1. The fourth-order valence-electron chi connectivity index (χ4n) is 4.97. The summed E-state index contributed by atoms with van der Waals surface area (Å²) in [7, 11) is 0. The van der Waals surface area contributed by atoms with Gasteiger partial charge in [-0.1, -0.05) is 42.5 Å². The van der Waals surface area contributed by atoms with Crippen molar-refractivity contribution >= 4 is 39.7 Å². The minimum absolute atomic E-state index is 0.247. The lowest BCUT2D eigenvalue weighted by atomic mass is 9.87. The minimum Gasteiger partial charge on any atom is -0.494 e. The van der Waals surface area contributed by atoms with Gasteiger partial charge in [-0.2, -0.15) is 0 Å². The number of ether oxygens (including phenoxy) is 1. The number of fused-ring (bicyclic) bond motifs is 1. The highest BCUT2D eigenvalue weighted by molar-refractivity contribution is 5.91. The summed E-state index contributed by atoms with van der Waals surface area (Å²) >= 11 is 0. The molecule has 4 aromatic carbocycles. The largest absolute Gasteiger partial charge is 0.494 e. The molecule has 0 amide bonds. The van der Waals surface area contributed by atoms with Crippen LogP contribution in [-0.4, -0.2) is 12.1 Å². The summed E-state index contributed by atoms with van der Waals surface area (Å²) in [5.41, 5.74) is 8.64. The van der Waals surface area contributed by atoms with Gasteiger partial charge in [-0.25, -0.2) is 0 Å². The second kappa shape index (κ2) is 9.82. The molecule has 0 spiro atoms. The van der Waals surface area contributed by atoms with E-state index < -0.39 is 0 Å². The Kier molecular flexibility index (Phi) is 6.43. The van der Waals surface area contributed by atoms with E-state index in [1.807, 2.05) is 31.2 Å². The third-order valence-electron chi connectivity index (χ3n) is 6.44. The van der Waals surface area contributed by atoms with Gasteiger partial charge in [-0.3, -0.25) is 0 Å². The molecule has 0 bridgehead atoms. The maximum Gasteiger partial charge on any atom is 0.120 e. The number of anilines is 6. The molecule has 0 radical (unpaired) electrons. The van der Waals surface area contributed by atoms with Crippen molar-refractivity contribution in [3.63, 3.8) is 0 Å². The summed E-state index contributed by atoms with van der Waals surface area (Å²) in [4.78, 5) is 2.42. The van der Waals surface area contributed by atoms with Gasteiger partial charge in [-0.05, 0) is 93.9 Å². The monoisotopic (exact) mass is 475 g/mol. The van der Waals surface area contributed by atoms with Crippen molar-refractivity contribution in [2.45, 2.75) is 33.2 Å². The van der Waals surface area contributed by atoms with Crippen LogP contribution in [0.5, 0.6) is 5.75 Å². The zero-order valence-corrected chi connectivity index (χ0v) is 21.4. The molecule has 0 fully saturated rings. The van der Waals surface area contributed by atoms with Gasteiger partial charge in [0.25, 0.3) is 0 Å². The molecule has 36 heavy (non-hydrogen) atoms. The minimum atomic E-state index is -0.247. The first kappa shape index (κ1) is 23.6. The van der Waals surface area contributed by atoms with E-state index in [-0.39, 0.29) is 5.54 Å². The molecule has 1 heterocycles. The molecule has 5 rings (SSSR count). The predicted molar refractivity (Wildman–Crippen MR) is 153 cm³/mol. The standard InChI is InChI=1S/C32H33N3O/c1-5-36-27-17-19-30-28(21-27)23(2)22-32(3,4)35(30)31-20-26(33-24-12-8-6-9-13-24)16-18-29(31)34-25-14-10-7-11-15-25/h6-22,33-34H,5H2,1-4H3. The third kappa shape index (κ3) is 4.80. The molecule has 0 saturated carbocycles. The van der Waals surface area contributed by atoms with Gasteiger partial charge >= 0.3 is 0 Å². The second-order valence-electron chi connectivity index (χ2n) is 9.64. The highest BCUT2D eigenvalue weighted by Crippen LogP contribution is 2.48. The van der Waals surface area contributed by atoms with Crippen molar-refractivity contribution in [3.8, 4) is 5.75 Å². The van der Waals surface area contributed by atoms with Crippen molar-refractivity contribution in [1.29, 1.82) is 0 Å².